The topological polar surface area (TPSA) is 96.3 Å². The molecular formula is C17H21ClN4O3. The second-order valence-corrected chi connectivity index (χ2v) is 6.45. The average molecular weight is 365 g/mol. The van der Waals surface area contributed by atoms with E-state index in [1.807, 2.05) is 12.1 Å². The summed E-state index contributed by atoms with van der Waals surface area (Å²) in [7, 11) is 0. The first-order chi connectivity index (χ1) is 11.9. The molecule has 1 aromatic carbocycles. The monoisotopic (exact) mass is 364 g/mol. The number of carboxylic acids is 1. The lowest BCUT2D eigenvalue weighted by Gasteiger charge is -2.23. The van der Waals surface area contributed by atoms with Gasteiger partial charge in [0.1, 0.15) is 6.04 Å². The molecule has 0 aliphatic carbocycles. The Balaban J connectivity index is 2.13. The first kappa shape index (κ1) is 18.8. The average Bonchev–Trinajstić information content (AvgIpc) is 3.05. The van der Waals surface area contributed by atoms with Crippen molar-refractivity contribution in [2.24, 2.45) is 5.92 Å². The normalized spacial score (nSPS) is 13.3. The number of amides is 2. The summed E-state index contributed by atoms with van der Waals surface area (Å²) in [4.78, 5) is 23.6. The highest BCUT2D eigenvalue weighted by Gasteiger charge is 2.25. The zero-order valence-electron chi connectivity index (χ0n) is 14.0. The highest BCUT2D eigenvalue weighted by molar-refractivity contribution is 6.30. The maximum absolute atomic E-state index is 12.3. The highest BCUT2D eigenvalue weighted by Crippen LogP contribution is 2.18. The fraction of sp³-hybridized carbons (Fsp3) is 0.353. The molecule has 3 N–H and O–H groups in total. The van der Waals surface area contributed by atoms with Gasteiger partial charge in [-0.05, 0) is 29.7 Å². The van der Waals surface area contributed by atoms with E-state index in [2.05, 4.69) is 15.7 Å². The van der Waals surface area contributed by atoms with Gasteiger partial charge in [0.05, 0.1) is 12.6 Å². The molecule has 0 bridgehead atoms. The minimum atomic E-state index is -1.07. The molecule has 0 unspecified atom stereocenters. The van der Waals surface area contributed by atoms with Crippen molar-refractivity contribution in [3.8, 4) is 0 Å². The number of rotatable bonds is 7. The van der Waals surface area contributed by atoms with Gasteiger partial charge < -0.3 is 15.7 Å². The number of aromatic nitrogens is 2. The van der Waals surface area contributed by atoms with E-state index in [1.54, 1.807) is 49.1 Å². The van der Waals surface area contributed by atoms with Gasteiger partial charge in [-0.2, -0.15) is 5.10 Å². The summed E-state index contributed by atoms with van der Waals surface area (Å²) in [5, 5.41) is 19.3. The van der Waals surface area contributed by atoms with E-state index in [0.717, 1.165) is 5.56 Å². The predicted octanol–water partition coefficient (Wildman–Crippen LogP) is 2.69. The van der Waals surface area contributed by atoms with Crippen LogP contribution in [0.4, 0.5) is 4.79 Å². The van der Waals surface area contributed by atoms with Crippen LogP contribution in [0.5, 0.6) is 0 Å². The molecule has 2 amide bonds. The molecule has 8 heteroatoms. The molecule has 2 atom stereocenters. The number of carbonyl (C=O) groups excluding carboxylic acids is 1. The number of halogens is 1. The van der Waals surface area contributed by atoms with Crippen LogP contribution in [0.1, 0.15) is 25.5 Å². The Hall–Kier alpha value is -2.54. The number of nitrogens with zero attached hydrogens (tertiary/aromatic N) is 2. The van der Waals surface area contributed by atoms with Crippen LogP contribution in [0, 0.1) is 5.92 Å². The minimum Gasteiger partial charge on any atom is -0.480 e. The quantitative estimate of drug-likeness (QED) is 0.703. The number of benzene rings is 1. The largest absolute Gasteiger partial charge is 0.480 e. The molecule has 1 aromatic heterocycles. The van der Waals surface area contributed by atoms with Crippen LogP contribution in [-0.4, -0.2) is 32.9 Å². The Labute approximate surface area is 151 Å². The van der Waals surface area contributed by atoms with Crippen LogP contribution in [0.3, 0.4) is 0 Å². The summed E-state index contributed by atoms with van der Waals surface area (Å²) in [6.45, 7) is 3.88. The molecule has 0 spiro atoms. The fourth-order valence-electron chi connectivity index (χ4n) is 2.38. The molecule has 2 rings (SSSR count). The van der Waals surface area contributed by atoms with Crippen LogP contribution < -0.4 is 10.6 Å². The Morgan fingerprint density at radius 3 is 2.44 bits per heavy atom. The number of aliphatic carboxylic acids is 1. The van der Waals surface area contributed by atoms with Crippen molar-refractivity contribution in [2.75, 3.05) is 0 Å². The zero-order valence-corrected chi connectivity index (χ0v) is 14.8. The summed E-state index contributed by atoms with van der Waals surface area (Å²) in [5.41, 5.74) is 0.839. The molecule has 0 saturated heterocycles. The van der Waals surface area contributed by atoms with Crippen molar-refractivity contribution in [1.82, 2.24) is 20.4 Å². The van der Waals surface area contributed by atoms with Gasteiger partial charge in [0, 0.05) is 17.4 Å². The van der Waals surface area contributed by atoms with Crippen molar-refractivity contribution in [3.63, 3.8) is 0 Å². The Morgan fingerprint density at radius 2 is 1.92 bits per heavy atom. The fourth-order valence-corrected chi connectivity index (χ4v) is 2.51. The van der Waals surface area contributed by atoms with Crippen LogP contribution >= 0.6 is 11.6 Å². The van der Waals surface area contributed by atoms with E-state index >= 15 is 0 Å². The van der Waals surface area contributed by atoms with Gasteiger partial charge in [-0.25, -0.2) is 9.59 Å². The van der Waals surface area contributed by atoms with E-state index in [4.69, 9.17) is 11.6 Å². The third kappa shape index (κ3) is 5.49. The van der Waals surface area contributed by atoms with Gasteiger partial charge in [0.2, 0.25) is 0 Å². The summed E-state index contributed by atoms with van der Waals surface area (Å²) in [6, 6.07) is 6.99. The van der Waals surface area contributed by atoms with Crippen LogP contribution in [0.2, 0.25) is 5.02 Å². The van der Waals surface area contributed by atoms with Gasteiger partial charge in [0.25, 0.3) is 0 Å². The minimum absolute atomic E-state index is 0.233. The van der Waals surface area contributed by atoms with Crippen molar-refractivity contribution in [1.29, 1.82) is 0 Å². The molecule has 0 fully saturated rings. The number of hydrogen-bond donors (Lipinski definition) is 3. The summed E-state index contributed by atoms with van der Waals surface area (Å²) >= 11 is 5.92. The van der Waals surface area contributed by atoms with E-state index < -0.39 is 24.1 Å². The van der Waals surface area contributed by atoms with Gasteiger partial charge in [-0.15, -0.1) is 0 Å². The summed E-state index contributed by atoms with van der Waals surface area (Å²) in [5.74, 6) is -1.30. The summed E-state index contributed by atoms with van der Waals surface area (Å²) < 4.78 is 1.69. The SMILES string of the molecule is CC(C)[C@H](NC(=O)N[C@@H](Cn1cccn1)c1ccc(Cl)cc1)C(=O)O. The molecular weight excluding hydrogens is 344 g/mol. The second kappa shape index (κ2) is 8.53. The molecule has 0 radical (unpaired) electrons. The third-order valence-corrected chi connectivity index (χ3v) is 3.98. The number of carboxylic acid groups (broad SMARTS) is 1. The molecule has 2 aromatic rings. The third-order valence-electron chi connectivity index (χ3n) is 3.73. The number of nitrogens with one attached hydrogen (secondary N) is 2. The lowest BCUT2D eigenvalue weighted by atomic mass is 10.0. The van der Waals surface area contributed by atoms with Gasteiger partial charge in [-0.1, -0.05) is 37.6 Å². The van der Waals surface area contributed by atoms with E-state index in [0.29, 0.717) is 11.6 Å². The Morgan fingerprint density at radius 1 is 1.24 bits per heavy atom. The van der Waals surface area contributed by atoms with Gasteiger partial charge in [-0.3, -0.25) is 4.68 Å². The first-order valence-electron chi connectivity index (χ1n) is 7.89. The van der Waals surface area contributed by atoms with Crippen molar-refractivity contribution in [3.05, 3.63) is 53.3 Å². The van der Waals surface area contributed by atoms with Gasteiger partial charge >= 0.3 is 12.0 Å². The molecule has 1 heterocycles. The summed E-state index contributed by atoms with van der Waals surface area (Å²) in [6.07, 6.45) is 3.44. The predicted molar refractivity (Wildman–Crippen MR) is 94.3 cm³/mol. The van der Waals surface area contributed by atoms with E-state index in [-0.39, 0.29) is 5.92 Å². The van der Waals surface area contributed by atoms with Crippen LogP contribution in [-0.2, 0) is 11.3 Å². The van der Waals surface area contributed by atoms with E-state index in [1.165, 1.54) is 0 Å². The number of urea groups is 1. The van der Waals surface area contributed by atoms with Crippen molar-refractivity contribution < 1.29 is 14.7 Å². The first-order valence-corrected chi connectivity index (χ1v) is 8.27. The molecule has 134 valence electrons. The van der Waals surface area contributed by atoms with Crippen LogP contribution in [0.25, 0.3) is 0 Å². The Bertz CT molecular complexity index is 701. The molecule has 25 heavy (non-hydrogen) atoms. The van der Waals surface area contributed by atoms with Crippen molar-refractivity contribution in [2.45, 2.75) is 32.5 Å². The van der Waals surface area contributed by atoms with Crippen LogP contribution in [0.15, 0.2) is 42.7 Å². The number of hydrogen-bond acceptors (Lipinski definition) is 3. The maximum Gasteiger partial charge on any atom is 0.326 e. The molecule has 0 aliphatic heterocycles. The molecule has 0 aliphatic rings. The van der Waals surface area contributed by atoms with Gasteiger partial charge in [0.15, 0.2) is 0 Å². The smallest absolute Gasteiger partial charge is 0.326 e. The highest BCUT2D eigenvalue weighted by atomic mass is 35.5. The lowest BCUT2D eigenvalue weighted by Crippen LogP contribution is -2.49. The molecule has 0 saturated carbocycles. The number of carbonyl (C=O) groups is 2. The zero-order chi connectivity index (χ0) is 18.4. The standard InChI is InChI=1S/C17H21ClN4O3/c1-11(2)15(16(23)24)21-17(25)20-14(10-22-9-3-8-19-22)12-4-6-13(18)7-5-12/h3-9,11,14-15H,10H2,1-2H3,(H,23,24)(H2,20,21,25)/t14-,15-/m0/s1. The maximum atomic E-state index is 12.3. The lowest BCUT2D eigenvalue weighted by molar-refractivity contribution is -0.140. The Kier molecular flexibility index (Phi) is 6.41. The molecule has 7 nitrogen and oxygen atoms in total. The second-order valence-electron chi connectivity index (χ2n) is 6.01. The van der Waals surface area contributed by atoms with Crippen molar-refractivity contribution >= 4 is 23.6 Å². The van der Waals surface area contributed by atoms with E-state index in [9.17, 15) is 14.7 Å².